The molecule has 0 aliphatic rings. The SMILES string of the molecule is CCCCCCC(C)Nc1cncnc1. The maximum Gasteiger partial charge on any atom is 0.115 e. The van der Waals surface area contributed by atoms with Crippen molar-refractivity contribution in [3.8, 4) is 0 Å². The predicted octanol–water partition coefficient (Wildman–Crippen LogP) is 3.25. The van der Waals surface area contributed by atoms with Crippen molar-refractivity contribution in [2.75, 3.05) is 5.32 Å². The van der Waals surface area contributed by atoms with E-state index in [1.165, 1.54) is 32.1 Å². The van der Waals surface area contributed by atoms with E-state index in [0.717, 1.165) is 5.69 Å². The summed E-state index contributed by atoms with van der Waals surface area (Å²) in [5.41, 5.74) is 1.01. The number of nitrogens with zero attached hydrogens (tertiary/aromatic N) is 2. The quantitative estimate of drug-likeness (QED) is 0.697. The van der Waals surface area contributed by atoms with Gasteiger partial charge in [0.2, 0.25) is 0 Å². The molecule has 15 heavy (non-hydrogen) atoms. The first-order chi connectivity index (χ1) is 7.33. The van der Waals surface area contributed by atoms with Gasteiger partial charge in [0, 0.05) is 6.04 Å². The fraction of sp³-hybridized carbons (Fsp3) is 0.667. The van der Waals surface area contributed by atoms with Crippen LogP contribution in [0.2, 0.25) is 0 Å². The molecule has 0 spiro atoms. The molecule has 0 amide bonds. The van der Waals surface area contributed by atoms with Crippen LogP contribution in [0.4, 0.5) is 5.69 Å². The molecular formula is C12H21N3. The molecule has 1 atom stereocenters. The summed E-state index contributed by atoms with van der Waals surface area (Å²) in [6.45, 7) is 4.45. The van der Waals surface area contributed by atoms with Crippen molar-refractivity contribution in [2.45, 2.75) is 52.0 Å². The summed E-state index contributed by atoms with van der Waals surface area (Å²) < 4.78 is 0. The summed E-state index contributed by atoms with van der Waals surface area (Å²) >= 11 is 0. The highest BCUT2D eigenvalue weighted by Crippen LogP contribution is 2.10. The van der Waals surface area contributed by atoms with E-state index in [1.807, 2.05) is 12.4 Å². The third-order valence-electron chi connectivity index (χ3n) is 2.46. The van der Waals surface area contributed by atoms with E-state index in [1.54, 1.807) is 6.33 Å². The first-order valence-corrected chi connectivity index (χ1v) is 5.84. The summed E-state index contributed by atoms with van der Waals surface area (Å²) in [6, 6.07) is 0.507. The van der Waals surface area contributed by atoms with Crippen molar-refractivity contribution in [2.24, 2.45) is 0 Å². The first kappa shape index (κ1) is 12.0. The maximum absolute atomic E-state index is 3.97. The van der Waals surface area contributed by atoms with Gasteiger partial charge in [0.25, 0.3) is 0 Å². The lowest BCUT2D eigenvalue weighted by molar-refractivity contribution is 0.593. The Balaban J connectivity index is 2.16. The van der Waals surface area contributed by atoms with Gasteiger partial charge in [-0.15, -0.1) is 0 Å². The number of unbranched alkanes of at least 4 members (excludes halogenated alkanes) is 3. The molecule has 84 valence electrons. The molecule has 0 saturated carbocycles. The predicted molar refractivity (Wildman–Crippen MR) is 63.9 cm³/mol. The van der Waals surface area contributed by atoms with Crippen LogP contribution < -0.4 is 5.32 Å². The van der Waals surface area contributed by atoms with Crippen LogP contribution in [0.25, 0.3) is 0 Å². The van der Waals surface area contributed by atoms with Crippen molar-refractivity contribution < 1.29 is 0 Å². The topological polar surface area (TPSA) is 37.8 Å². The Bertz CT molecular complexity index is 248. The highest BCUT2D eigenvalue weighted by atomic mass is 14.9. The van der Waals surface area contributed by atoms with E-state index in [-0.39, 0.29) is 0 Å². The van der Waals surface area contributed by atoms with E-state index in [2.05, 4.69) is 29.1 Å². The molecule has 1 unspecified atom stereocenters. The van der Waals surface area contributed by atoms with Crippen LogP contribution in [-0.4, -0.2) is 16.0 Å². The molecule has 1 aromatic rings. The van der Waals surface area contributed by atoms with Crippen molar-refractivity contribution >= 4 is 5.69 Å². The van der Waals surface area contributed by atoms with E-state index in [4.69, 9.17) is 0 Å². The summed E-state index contributed by atoms with van der Waals surface area (Å²) in [4.78, 5) is 7.95. The second-order valence-corrected chi connectivity index (χ2v) is 4.02. The fourth-order valence-corrected chi connectivity index (χ4v) is 1.61. The van der Waals surface area contributed by atoms with Crippen molar-refractivity contribution in [1.82, 2.24) is 9.97 Å². The fourth-order valence-electron chi connectivity index (χ4n) is 1.61. The molecule has 0 radical (unpaired) electrons. The monoisotopic (exact) mass is 207 g/mol. The highest BCUT2D eigenvalue weighted by Gasteiger charge is 2.01. The average molecular weight is 207 g/mol. The maximum atomic E-state index is 3.97. The molecule has 1 N–H and O–H groups in total. The molecule has 3 heteroatoms. The van der Waals surface area contributed by atoms with Gasteiger partial charge in [0.05, 0.1) is 18.1 Å². The molecule has 1 aromatic heterocycles. The third-order valence-corrected chi connectivity index (χ3v) is 2.46. The van der Waals surface area contributed by atoms with E-state index in [0.29, 0.717) is 6.04 Å². The Kier molecular flexibility index (Phi) is 5.74. The molecule has 0 fully saturated rings. The number of anilines is 1. The van der Waals surface area contributed by atoms with E-state index >= 15 is 0 Å². The first-order valence-electron chi connectivity index (χ1n) is 5.84. The van der Waals surface area contributed by atoms with Gasteiger partial charge in [0.15, 0.2) is 0 Å². The number of nitrogens with one attached hydrogen (secondary N) is 1. The van der Waals surface area contributed by atoms with Crippen molar-refractivity contribution in [1.29, 1.82) is 0 Å². The van der Waals surface area contributed by atoms with Gasteiger partial charge in [-0.3, -0.25) is 0 Å². The zero-order valence-corrected chi connectivity index (χ0v) is 9.74. The highest BCUT2D eigenvalue weighted by molar-refractivity contribution is 5.37. The van der Waals surface area contributed by atoms with Crippen LogP contribution in [0.3, 0.4) is 0 Å². The Morgan fingerprint density at radius 2 is 1.93 bits per heavy atom. The largest absolute Gasteiger partial charge is 0.380 e. The lowest BCUT2D eigenvalue weighted by Gasteiger charge is -2.14. The molecule has 1 heterocycles. The normalized spacial score (nSPS) is 12.4. The van der Waals surface area contributed by atoms with Gasteiger partial charge in [0.1, 0.15) is 6.33 Å². The minimum Gasteiger partial charge on any atom is -0.380 e. The number of hydrogen-bond acceptors (Lipinski definition) is 3. The second-order valence-electron chi connectivity index (χ2n) is 4.02. The van der Waals surface area contributed by atoms with Crippen LogP contribution in [0.15, 0.2) is 18.7 Å². The van der Waals surface area contributed by atoms with Crippen LogP contribution in [-0.2, 0) is 0 Å². The van der Waals surface area contributed by atoms with Crippen LogP contribution in [0.5, 0.6) is 0 Å². The number of aromatic nitrogens is 2. The van der Waals surface area contributed by atoms with Gasteiger partial charge in [-0.05, 0) is 13.3 Å². The lowest BCUT2D eigenvalue weighted by Crippen LogP contribution is -2.15. The van der Waals surface area contributed by atoms with Crippen LogP contribution in [0.1, 0.15) is 46.0 Å². The van der Waals surface area contributed by atoms with E-state index in [9.17, 15) is 0 Å². The molecule has 1 rings (SSSR count). The third kappa shape index (κ3) is 5.35. The molecule has 3 nitrogen and oxygen atoms in total. The minimum absolute atomic E-state index is 0.507. The molecule has 0 bridgehead atoms. The van der Waals surface area contributed by atoms with Gasteiger partial charge < -0.3 is 5.32 Å². The molecular weight excluding hydrogens is 186 g/mol. The van der Waals surface area contributed by atoms with Crippen molar-refractivity contribution in [3.05, 3.63) is 18.7 Å². The van der Waals surface area contributed by atoms with Crippen LogP contribution in [0, 0.1) is 0 Å². The van der Waals surface area contributed by atoms with Crippen molar-refractivity contribution in [3.63, 3.8) is 0 Å². The molecule has 0 aliphatic carbocycles. The molecule has 0 aromatic carbocycles. The minimum atomic E-state index is 0.507. The Hall–Kier alpha value is -1.12. The summed E-state index contributed by atoms with van der Waals surface area (Å²) in [5, 5.41) is 3.39. The lowest BCUT2D eigenvalue weighted by atomic mass is 10.1. The zero-order valence-electron chi connectivity index (χ0n) is 9.74. The summed E-state index contributed by atoms with van der Waals surface area (Å²) in [5.74, 6) is 0. The van der Waals surface area contributed by atoms with Crippen LogP contribution >= 0.6 is 0 Å². The average Bonchev–Trinajstić information content (AvgIpc) is 2.26. The second kappa shape index (κ2) is 7.21. The Labute approximate surface area is 92.3 Å². The Morgan fingerprint density at radius 3 is 2.60 bits per heavy atom. The zero-order chi connectivity index (χ0) is 10.9. The number of rotatable bonds is 7. The number of hydrogen-bond donors (Lipinski definition) is 1. The van der Waals surface area contributed by atoms with Gasteiger partial charge in [-0.25, -0.2) is 9.97 Å². The standard InChI is InChI=1S/C12H21N3/c1-3-4-5-6-7-11(2)15-12-8-13-10-14-9-12/h8-11,15H,3-7H2,1-2H3. The van der Waals surface area contributed by atoms with E-state index < -0.39 is 0 Å². The molecule has 0 saturated heterocycles. The summed E-state index contributed by atoms with van der Waals surface area (Å²) in [7, 11) is 0. The van der Waals surface area contributed by atoms with Gasteiger partial charge in [-0.2, -0.15) is 0 Å². The van der Waals surface area contributed by atoms with Gasteiger partial charge >= 0.3 is 0 Å². The smallest absolute Gasteiger partial charge is 0.115 e. The van der Waals surface area contributed by atoms with Gasteiger partial charge in [-0.1, -0.05) is 32.6 Å². The summed E-state index contributed by atoms with van der Waals surface area (Å²) in [6.07, 6.45) is 11.7. The molecule has 0 aliphatic heterocycles. The Morgan fingerprint density at radius 1 is 1.20 bits per heavy atom.